The van der Waals surface area contributed by atoms with Crippen LogP contribution in [0.2, 0.25) is 0 Å². The fraction of sp³-hybridized carbons (Fsp3) is 0.238. The summed E-state index contributed by atoms with van der Waals surface area (Å²) < 4.78 is 57.6. The molecule has 0 fully saturated rings. The van der Waals surface area contributed by atoms with Crippen molar-refractivity contribution in [3.05, 3.63) is 59.7 Å². The molecule has 2 aromatic carbocycles. The fourth-order valence-corrected chi connectivity index (χ4v) is 4.90. The Kier molecular flexibility index (Phi) is 6.33. The zero-order valence-corrected chi connectivity index (χ0v) is 19.2. The first-order valence-electron chi connectivity index (χ1n) is 9.42. The van der Waals surface area contributed by atoms with Crippen LogP contribution >= 0.6 is 0 Å². The van der Waals surface area contributed by atoms with Crippen molar-refractivity contribution in [2.45, 2.75) is 30.7 Å². The number of sulfonamides is 1. The molecule has 0 unspecified atom stereocenters. The Morgan fingerprint density at radius 2 is 1.65 bits per heavy atom. The molecule has 1 N–H and O–H groups in total. The first kappa shape index (κ1) is 22.7. The van der Waals surface area contributed by atoms with Gasteiger partial charge in [-0.3, -0.25) is 4.72 Å². The summed E-state index contributed by atoms with van der Waals surface area (Å²) in [6.45, 7) is 5.24. The number of aryl methyl sites for hydroxylation is 2. The Labute approximate surface area is 182 Å². The molecule has 0 saturated carbocycles. The van der Waals surface area contributed by atoms with Gasteiger partial charge in [-0.05, 0) is 61.4 Å². The molecule has 31 heavy (non-hydrogen) atoms. The molecule has 0 radical (unpaired) electrons. The van der Waals surface area contributed by atoms with Gasteiger partial charge in [-0.15, -0.1) is 10.2 Å². The Morgan fingerprint density at radius 3 is 2.26 bits per heavy atom. The maximum absolute atomic E-state index is 13.0. The van der Waals surface area contributed by atoms with Crippen molar-refractivity contribution >= 4 is 25.5 Å². The maximum atomic E-state index is 13.0. The van der Waals surface area contributed by atoms with Crippen LogP contribution in [0.15, 0.2) is 58.5 Å². The van der Waals surface area contributed by atoms with E-state index in [-0.39, 0.29) is 21.4 Å². The summed E-state index contributed by atoms with van der Waals surface area (Å²) in [5, 5.41) is 7.68. The lowest BCUT2D eigenvalue weighted by molar-refractivity contribution is 0.402. The SMILES string of the molecule is CCS(=O)(=O)c1ccc(-c2cccc(NS(=O)(=O)c3cc(C)c(C)cc3OC)c2)nn1. The maximum Gasteiger partial charge on any atom is 0.265 e. The van der Waals surface area contributed by atoms with Gasteiger partial charge in [0.2, 0.25) is 0 Å². The number of sulfone groups is 1. The van der Waals surface area contributed by atoms with E-state index in [4.69, 9.17) is 4.74 Å². The number of hydrogen-bond acceptors (Lipinski definition) is 7. The minimum Gasteiger partial charge on any atom is -0.495 e. The van der Waals surface area contributed by atoms with Gasteiger partial charge in [-0.1, -0.05) is 19.1 Å². The number of rotatable bonds is 7. The van der Waals surface area contributed by atoms with E-state index in [0.29, 0.717) is 16.9 Å². The van der Waals surface area contributed by atoms with Crippen LogP contribution in [0.1, 0.15) is 18.1 Å². The second-order valence-corrected chi connectivity index (χ2v) is 10.8. The first-order chi connectivity index (χ1) is 14.6. The lowest BCUT2D eigenvalue weighted by Crippen LogP contribution is -2.14. The van der Waals surface area contributed by atoms with Crippen LogP contribution in [0.25, 0.3) is 11.3 Å². The summed E-state index contributed by atoms with van der Waals surface area (Å²) >= 11 is 0. The largest absolute Gasteiger partial charge is 0.495 e. The van der Waals surface area contributed by atoms with Gasteiger partial charge in [0.1, 0.15) is 10.6 Å². The molecular formula is C21H23N3O5S2. The van der Waals surface area contributed by atoms with E-state index in [0.717, 1.165) is 11.1 Å². The molecule has 3 rings (SSSR count). The van der Waals surface area contributed by atoms with Crippen LogP contribution < -0.4 is 9.46 Å². The molecule has 0 amide bonds. The predicted molar refractivity (Wildman–Crippen MR) is 118 cm³/mol. The topological polar surface area (TPSA) is 115 Å². The zero-order chi connectivity index (χ0) is 22.8. The second-order valence-electron chi connectivity index (χ2n) is 6.93. The highest BCUT2D eigenvalue weighted by Gasteiger charge is 2.21. The summed E-state index contributed by atoms with van der Waals surface area (Å²) in [6, 6.07) is 12.8. The van der Waals surface area contributed by atoms with Gasteiger partial charge in [0.05, 0.1) is 18.6 Å². The number of aromatic nitrogens is 2. The van der Waals surface area contributed by atoms with Gasteiger partial charge in [0.15, 0.2) is 14.9 Å². The predicted octanol–water partition coefficient (Wildman–Crippen LogP) is 3.36. The van der Waals surface area contributed by atoms with E-state index in [1.807, 2.05) is 13.8 Å². The van der Waals surface area contributed by atoms with E-state index in [1.54, 1.807) is 36.4 Å². The summed E-state index contributed by atoms with van der Waals surface area (Å²) in [5.74, 6) is 0.186. The number of methoxy groups -OCH3 is 1. The Balaban J connectivity index is 1.93. The van der Waals surface area contributed by atoms with Gasteiger partial charge in [0.25, 0.3) is 10.0 Å². The van der Waals surface area contributed by atoms with E-state index >= 15 is 0 Å². The van der Waals surface area contributed by atoms with Crippen LogP contribution in [0.5, 0.6) is 5.75 Å². The van der Waals surface area contributed by atoms with Crippen molar-refractivity contribution in [3.63, 3.8) is 0 Å². The molecule has 0 spiro atoms. The number of ether oxygens (including phenoxy) is 1. The van der Waals surface area contributed by atoms with Crippen LogP contribution in [-0.2, 0) is 19.9 Å². The van der Waals surface area contributed by atoms with Crippen LogP contribution in [0, 0.1) is 13.8 Å². The molecule has 0 aliphatic rings. The molecule has 1 aromatic heterocycles. The molecule has 0 saturated heterocycles. The highest BCUT2D eigenvalue weighted by Crippen LogP contribution is 2.30. The van der Waals surface area contributed by atoms with E-state index in [9.17, 15) is 16.8 Å². The third-order valence-electron chi connectivity index (χ3n) is 4.82. The first-order valence-corrected chi connectivity index (χ1v) is 12.6. The molecule has 164 valence electrons. The molecule has 8 nitrogen and oxygen atoms in total. The molecule has 3 aromatic rings. The summed E-state index contributed by atoms with van der Waals surface area (Å²) in [5.41, 5.74) is 3.07. The van der Waals surface area contributed by atoms with E-state index in [2.05, 4.69) is 14.9 Å². The van der Waals surface area contributed by atoms with Crippen molar-refractivity contribution in [1.29, 1.82) is 0 Å². The van der Waals surface area contributed by atoms with Crippen molar-refractivity contribution in [3.8, 4) is 17.0 Å². The van der Waals surface area contributed by atoms with Crippen molar-refractivity contribution < 1.29 is 21.6 Å². The lowest BCUT2D eigenvalue weighted by Gasteiger charge is -2.14. The van der Waals surface area contributed by atoms with Crippen LogP contribution in [0.3, 0.4) is 0 Å². The van der Waals surface area contributed by atoms with Gasteiger partial charge >= 0.3 is 0 Å². The minimum atomic E-state index is -3.91. The van der Waals surface area contributed by atoms with E-state index in [1.165, 1.54) is 26.2 Å². The molecule has 0 aliphatic carbocycles. The third-order valence-corrected chi connectivity index (χ3v) is 7.84. The van der Waals surface area contributed by atoms with Crippen molar-refractivity contribution in [2.75, 3.05) is 17.6 Å². The molecule has 0 atom stereocenters. The number of nitrogens with one attached hydrogen (secondary N) is 1. The number of anilines is 1. The molecule has 10 heteroatoms. The van der Waals surface area contributed by atoms with Crippen molar-refractivity contribution in [1.82, 2.24) is 10.2 Å². The summed E-state index contributed by atoms with van der Waals surface area (Å²) in [4.78, 5) is 0.0393. The normalized spacial score (nSPS) is 11.9. The van der Waals surface area contributed by atoms with Gasteiger partial charge < -0.3 is 4.74 Å². The van der Waals surface area contributed by atoms with Crippen LogP contribution in [-0.4, -0.2) is 39.9 Å². The van der Waals surface area contributed by atoms with Gasteiger partial charge in [-0.25, -0.2) is 16.8 Å². The monoisotopic (exact) mass is 461 g/mol. The highest BCUT2D eigenvalue weighted by atomic mass is 32.2. The molecule has 1 heterocycles. The standard InChI is InChI=1S/C21H23N3O5S2/c1-5-30(25,26)21-10-9-18(22-23-21)16-7-6-8-17(13-16)24-31(27,28)20-12-15(3)14(2)11-19(20)29-4/h6-13,24H,5H2,1-4H3. The molecule has 0 aliphatic heterocycles. The average molecular weight is 462 g/mol. The Morgan fingerprint density at radius 1 is 0.935 bits per heavy atom. The summed E-state index contributed by atoms with van der Waals surface area (Å²) in [6.07, 6.45) is 0. The second kappa shape index (κ2) is 8.64. The van der Waals surface area contributed by atoms with Gasteiger partial charge in [-0.2, -0.15) is 0 Å². The lowest BCUT2D eigenvalue weighted by atomic mass is 10.1. The van der Waals surface area contributed by atoms with Crippen molar-refractivity contribution in [2.24, 2.45) is 0 Å². The molecule has 0 bridgehead atoms. The highest BCUT2D eigenvalue weighted by molar-refractivity contribution is 7.92. The minimum absolute atomic E-state index is 0.0393. The zero-order valence-electron chi connectivity index (χ0n) is 17.6. The third kappa shape index (κ3) is 4.86. The molecular weight excluding hydrogens is 438 g/mol. The Bertz CT molecular complexity index is 1320. The summed E-state index contributed by atoms with van der Waals surface area (Å²) in [7, 11) is -5.94. The number of benzene rings is 2. The Hall–Kier alpha value is -2.98. The quantitative estimate of drug-likeness (QED) is 0.573. The smallest absolute Gasteiger partial charge is 0.265 e. The number of nitrogens with zero attached hydrogens (tertiary/aromatic N) is 2. The van der Waals surface area contributed by atoms with E-state index < -0.39 is 19.9 Å². The number of hydrogen-bond donors (Lipinski definition) is 1. The van der Waals surface area contributed by atoms with Gasteiger partial charge in [0, 0.05) is 11.3 Å². The van der Waals surface area contributed by atoms with Crippen LogP contribution in [0.4, 0.5) is 5.69 Å². The fourth-order valence-electron chi connectivity index (χ4n) is 2.87. The average Bonchev–Trinajstić information content (AvgIpc) is 2.75.